The molecule has 0 aliphatic heterocycles. The molecule has 0 spiro atoms. The van der Waals surface area contributed by atoms with Crippen LogP contribution in [0.5, 0.6) is 0 Å². The summed E-state index contributed by atoms with van der Waals surface area (Å²) in [7, 11) is 0. The molecule has 0 aromatic heterocycles. The second-order valence-corrected chi connectivity index (χ2v) is 7.08. The van der Waals surface area contributed by atoms with E-state index in [4.69, 9.17) is 0 Å². The molecule has 0 amide bonds. The van der Waals surface area contributed by atoms with Crippen molar-refractivity contribution in [2.45, 2.75) is 42.7 Å². The van der Waals surface area contributed by atoms with E-state index >= 15 is 0 Å². The average Bonchev–Trinajstić information content (AvgIpc) is 2.35. The fourth-order valence-corrected chi connectivity index (χ4v) is 3.42. The van der Waals surface area contributed by atoms with E-state index in [1.165, 1.54) is 24.8 Å². The first-order valence-corrected chi connectivity index (χ1v) is 8.51. The van der Waals surface area contributed by atoms with Gasteiger partial charge in [-0.1, -0.05) is 0 Å². The van der Waals surface area contributed by atoms with Crippen molar-refractivity contribution < 1.29 is 0 Å². The van der Waals surface area contributed by atoms with E-state index in [9.17, 15) is 0 Å². The van der Waals surface area contributed by atoms with Crippen LogP contribution in [0.15, 0.2) is 43.0 Å². The Kier molecular flexibility index (Phi) is 5.87. The molecule has 0 bridgehead atoms. The third kappa shape index (κ3) is 3.81. The first kappa shape index (κ1) is 13.5. The molecular weight excluding hydrogens is 259 g/mol. The molecule has 0 fully saturated rings. The number of rotatable bonds is 7. The van der Waals surface area contributed by atoms with E-state index < -0.39 is 0 Å². The van der Waals surface area contributed by atoms with Gasteiger partial charge in [0.05, 0.1) is 0 Å². The first-order chi connectivity index (χ1) is 7.73. The van der Waals surface area contributed by atoms with Crippen LogP contribution in [-0.2, 0) is 4.31 Å². The average molecular weight is 281 g/mol. The number of allylic oxidation sites excluding steroid dienone is 1. The molecule has 1 rings (SSSR count). The van der Waals surface area contributed by atoms with Crippen LogP contribution in [0.4, 0.5) is 0 Å². The summed E-state index contributed by atoms with van der Waals surface area (Å²) in [5.74, 6) is 2.35. The molecule has 0 N–H and O–H groups in total. The quantitative estimate of drug-likeness (QED) is 0.395. The van der Waals surface area contributed by atoms with Gasteiger partial charge in [-0.3, -0.25) is 0 Å². The molecule has 1 aromatic carbocycles. The molecule has 16 heavy (non-hydrogen) atoms. The van der Waals surface area contributed by atoms with Crippen molar-refractivity contribution in [3.05, 3.63) is 48.6 Å². The first-order valence-electron chi connectivity index (χ1n) is 5.94. The van der Waals surface area contributed by atoms with Crippen molar-refractivity contribution in [3.63, 3.8) is 0 Å². The fourth-order valence-electron chi connectivity index (χ4n) is 1.91. The van der Waals surface area contributed by atoms with Gasteiger partial charge >= 0.3 is 106 Å². The van der Waals surface area contributed by atoms with Crippen LogP contribution >= 0.6 is 0 Å². The van der Waals surface area contributed by atoms with Gasteiger partial charge in [-0.25, -0.2) is 0 Å². The summed E-state index contributed by atoms with van der Waals surface area (Å²) in [4.78, 5) is 0. The van der Waals surface area contributed by atoms with Crippen LogP contribution in [0.25, 0.3) is 0 Å². The standard InChI is InChI=1S/C15H22Se/c1-4-5-6-10-13-15(2,16-3)14-11-8-7-9-12-14/h4,7-9,11-12H,1,5-6,10,13H2,2-3H3. The Labute approximate surface area is 106 Å². The van der Waals surface area contributed by atoms with E-state index in [0.29, 0.717) is 19.3 Å². The van der Waals surface area contributed by atoms with Gasteiger partial charge in [-0.2, -0.15) is 0 Å². The topological polar surface area (TPSA) is 0 Å². The molecule has 0 aliphatic rings. The number of unbranched alkanes of at least 4 members (excludes halogenated alkanes) is 2. The second kappa shape index (κ2) is 6.93. The number of hydrogen-bond donors (Lipinski definition) is 0. The van der Waals surface area contributed by atoms with E-state index in [2.05, 4.69) is 49.7 Å². The van der Waals surface area contributed by atoms with Crippen molar-refractivity contribution in [3.8, 4) is 0 Å². The predicted octanol–water partition coefficient (Wildman–Crippen LogP) is 4.40. The Bertz CT molecular complexity index is 304. The molecule has 1 aromatic rings. The third-order valence-electron chi connectivity index (χ3n) is 3.15. The minimum absolute atomic E-state index is 0.412. The maximum atomic E-state index is 3.78. The van der Waals surface area contributed by atoms with Crippen molar-refractivity contribution in [1.82, 2.24) is 0 Å². The zero-order chi connectivity index (χ0) is 11.9. The number of benzene rings is 1. The molecule has 0 radical (unpaired) electrons. The Morgan fingerprint density at radius 3 is 2.50 bits per heavy atom. The van der Waals surface area contributed by atoms with E-state index in [1.807, 2.05) is 6.08 Å². The molecule has 88 valence electrons. The van der Waals surface area contributed by atoms with Crippen LogP contribution in [-0.4, -0.2) is 15.0 Å². The monoisotopic (exact) mass is 282 g/mol. The summed E-state index contributed by atoms with van der Waals surface area (Å²) in [6.45, 7) is 6.19. The zero-order valence-electron chi connectivity index (χ0n) is 10.4. The van der Waals surface area contributed by atoms with Crippen molar-refractivity contribution in [1.29, 1.82) is 0 Å². The summed E-state index contributed by atoms with van der Waals surface area (Å²) in [5, 5.41) is 0. The molecule has 0 nitrogen and oxygen atoms in total. The molecule has 1 atom stereocenters. The summed E-state index contributed by atoms with van der Waals surface area (Å²) >= 11 is 0.655. The normalized spacial score (nSPS) is 14.4. The van der Waals surface area contributed by atoms with E-state index in [1.54, 1.807) is 0 Å². The van der Waals surface area contributed by atoms with Crippen LogP contribution in [0.1, 0.15) is 38.2 Å². The summed E-state index contributed by atoms with van der Waals surface area (Å²) < 4.78 is 0.412. The van der Waals surface area contributed by atoms with Crippen molar-refractivity contribution in [2.75, 3.05) is 0 Å². The van der Waals surface area contributed by atoms with Gasteiger partial charge in [-0.15, -0.1) is 0 Å². The van der Waals surface area contributed by atoms with Gasteiger partial charge in [0.2, 0.25) is 0 Å². The predicted molar refractivity (Wildman–Crippen MR) is 74.1 cm³/mol. The summed E-state index contributed by atoms with van der Waals surface area (Å²) in [6.07, 6.45) is 7.08. The SMILES string of the molecule is C=CCCCCC(C)([Se]C)c1ccccc1. The summed E-state index contributed by atoms with van der Waals surface area (Å²) in [6, 6.07) is 11.0. The van der Waals surface area contributed by atoms with Crippen molar-refractivity contribution >= 4 is 15.0 Å². The van der Waals surface area contributed by atoms with Crippen LogP contribution in [0.2, 0.25) is 5.82 Å². The minimum atomic E-state index is 0.412. The molecule has 0 heterocycles. The Balaban J connectivity index is 2.59. The Morgan fingerprint density at radius 1 is 1.25 bits per heavy atom. The number of hydrogen-bond acceptors (Lipinski definition) is 0. The van der Waals surface area contributed by atoms with Gasteiger partial charge in [0, 0.05) is 0 Å². The molecule has 1 unspecified atom stereocenters. The summed E-state index contributed by atoms with van der Waals surface area (Å²) in [5.41, 5.74) is 1.51. The molecular formula is C15H22Se. The van der Waals surface area contributed by atoms with E-state index in [-0.39, 0.29) is 0 Å². The van der Waals surface area contributed by atoms with Gasteiger partial charge in [0.25, 0.3) is 0 Å². The third-order valence-corrected chi connectivity index (χ3v) is 5.96. The second-order valence-electron chi connectivity index (χ2n) is 4.34. The van der Waals surface area contributed by atoms with Gasteiger partial charge in [0.15, 0.2) is 0 Å². The van der Waals surface area contributed by atoms with Crippen molar-refractivity contribution in [2.24, 2.45) is 0 Å². The van der Waals surface area contributed by atoms with E-state index in [0.717, 1.165) is 6.42 Å². The van der Waals surface area contributed by atoms with Gasteiger partial charge in [0.1, 0.15) is 0 Å². The molecule has 0 saturated heterocycles. The molecule has 1 heteroatoms. The van der Waals surface area contributed by atoms with Crippen LogP contribution in [0.3, 0.4) is 0 Å². The fraction of sp³-hybridized carbons (Fsp3) is 0.467. The zero-order valence-corrected chi connectivity index (χ0v) is 12.1. The van der Waals surface area contributed by atoms with Crippen LogP contribution in [0, 0.1) is 0 Å². The molecule has 0 saturated carbocycles. The van der Waals surface area contributed by atoms with Gasteiger partial charge < -0.3 is 0 Å². The van der Waals surface area contributed by atoms with Gasteiger partial charge in [-0.05, 0) is 0 Å². The molecule has 0 aliphatic carbocycles. The Morgan fingerprint density at radius 2 is 1.94 bits per heavy atom. The Hall–Kier alpha value is -0.521. The van der Waals surface area contributed by atoms with Crippen LogP contribution < -0.4 is 0 Å². The maximum absolute atomic E-state index is 3.78.